The molecule has 3 amide bonds. The molecule has 0 fully saturated rings. The average molecular weight is 307 g/mol. The van der Waals surface area contributed by atoms with E-state index in [4.69, 9.17) is 5.73 Å². The highest BCUT2D eigenvalue weighted by Crippen LogP contribution is 2.06. The van der Waals surface area contributed by atoms with Crippen molar-refractivity contribution < 1.29 is 9.59 Å². The summed E-state index contributed by atoms with van der Waals surface area (Å²) in [4.78, 5) is 30.9. The van der Waals surface area contributed by atoms with Crippen molar-refractivity contribution in [3.63, 3.8) is 0 Å². The first-order chi connectivity index (χ1) is 10.4. The molecule has 22 heavy (non-hydrogen) atoms. The maximum absolute atomic E-state index is 12.1. The van der Waals surface area contributed by atoms with Gasteiger partial charge in [-0.1, -0.05) is 6.07 Å². The highest BCUT2D eigenvalue weighted by atomic mass is 16.2. The fourth-order valence-electron chi connectivity index (χ4n) is 1.98. The van der Waals surface area contributed by atoms with Gasteiger partial charge in [0.1, 0.15) is 5.69 Å². The van der Waals surface area contributed by atoms with E-state index < -0.39 is 5.91 Å². The van der Waals surface area contributed by atoms with Crippen LogP contribution in [0.15, 0.2) is 18.3 Å². The molecule has 0 saturated heterocycles. The van der Waals surface area contributed by atoms with E-state index in [1.807, 2.05) is 21.0 Å². The van der Waals surface area contributed by atoms with Gasteiger partial charge in [-0.05, 0) is 45.6 Å². The summed E-state index contributed by atoms with van der Waals surface area (Å²) >= 11 is 0. The van der Waals surface area contributed by atoms with Crippen molar-refractivity contribution in [3.05, 3.63) is 29.6 Å². The molecular formula is C15H25N5O2. The summed E-state index contributed by atoms with van der Waals surface area (Å²) in [6.07, 6.45) is 2.47. The molecule has 0 aliphatic rings. The van der Waals surface area contributed by atoms with Crippen LogP contribution in [0.2, 0.25) is 0 Å². The van der Waals surface area contributed by atoms with Gasteiger partial charge in [0.25, 0.3) is 5.91 Å². The number of hydrogen-bond donors (Lipinski definition) is 2. The van der Waals surface area contributed by atoms with Crippen LogP contribution in [0.5, 0.6) is 0 Å². The number of urea groups is 1. The van der Waals surface area contributed by atoms with Crippen molar-refractivity contribution in [1.29, 1.82) is 0 Å². The van der Waals surface area contributed by atoms with Crippen LogP contribution in [0.1, 0.15) is 29.4 Å². The molecular weight excluding hydrogens is 282 g/mol. The highest BCUT2D eigenvalue weighted by Gasteiger charge is 2.13. The van der Waals surface area contributed by atoms with Crippen molar-refractivity contribution in [2.24, 2.45) is 5.73 Å². The first kappa shape index (κ1) is 17.9. The number of aromatic nitrogens is 1. The van der Waals surface area contributed by atoms with Gasteiger partial charge >= 0.3 is 6.03 Å². The summed E-state index contributed by atoms with van der Waals surface area (Å²) in [6, 6.07) is 3.25. The van der Waals surface area contributed by atoms with Crippen LogP contribution < -0.4 is 11.1 Å². The lowest BCUT2D eigenvalue weighted by molar-refractivity contribution is 0.0995. The molecule has 3 N–H and O–H groups in total. The van der Waals surface area contributed by atoms with Gasteiger partial charge in [-0.3, -0.25) is 9.78 Å². The molecule has 7 heteroatoms. The van der Waals surface area contributed by atoms with Crippen molar-refractivity contribution in [1.82, 2.24) is 20.1 Å². The van der Waals surface area contributed by atoms with Crippen LogP contribution in [-0.4, -0.2) is 60.5 Å². The third-order valence-electron chi connectivity index (χ3n) is 3.10. The van der Waals surface area contributed by atoms with E-state index >= 15 is 0 Å². The Labute approximate surface area is 131 Å². The zero-order chi connectivity index (χ0) is 16.5. The topological polar surface area (TPSA) is 91.6 Å². The van der Waals surface area contributed by atoms with Crippen LogP contribution in [0, 0.1) is 0 Å². The van der Waals surface area contributed by atoms with Crippen LogP contribution in [0.3, 0.4) is 0 Å². The molecule has 0 aliphatic carbocycles. The zero-order valence-corrected chi connectivity index (χ0v) is 13.5. The molecule has 7 nitrogen and oxygen atoms in total. The lowest BCUT2D eigenvalue weighted by Gasteiger charge is -2.23. The Balaban J connectivity index is 2.69. The molecule has 0 atom stereocenters. The number of carbonyl (C=O) groups is 2. The Hall–Kier alpha value is -2.15. The molecule has 0 unspecified atom stereocenters. The Morgan fingerprint density at radius 2 is 2.00 bits per heavy atom. The summed E-state index contributed by atoms with van der Waals surface area (Å²) in [6.45, 7) is 4.49. The number of pyridine rings is 1. The van der Waals surface area contributed by atoms with Crippen molar-refractivity contribution in [2.45, 2.75) is 19.9 Å². The third-order valence-corrected chi connectivity index (χ3v) is 3.10. The zero-order valence-electron chi connectivity index (χ0n) is 13.5. The number of primary amides is 1. The molecule has 0 bridgehead atoms. The molecule has 0 aliphatic heterocycles. The van der Waals surface area contributed by atoms with Gasteiger partial charge in [-0.15, -0.1) is 0 Å². The van der Waals surface area contributed by atoms with Gasteiger partial charge in [-0.2, -0.15) is 0 Å². The number of rotatable bonds is 8. The largest absolute Gasteiger partial charge is 0.364 e. The molecule has 0 aromatic carbocycles. The third kappa shape index (κ3) is 6.09. The van der Waals surface area contributed by atoms with Crippen LogP contribution in [-0.2, 0) is 6.54 Å². The van der Waals surface area contributed by atoms with E-state index in [-0.39, 0.29) is 11.7 Å². The minimum Gasteiger partial charge on any atom is -0.364 e. The van der Waals surface area contributed by atoms with Crippen LogP contribution in [0.4, 0.5) is 4.79 Å². The Morgan fingerprint density at radius 1 is 1.27 bits per heavy atom. The molecule has 1 aromatic rings. The van der Waals surface area contributed by atoms with Gasteiger partial charge in [0.15, 0.2) is 0 Å². The number of carbonyl (C=O) groups excluding carboxylic acids is 2. The summed E-state index contributed by atoms with van der Waals surface area (Å²) in [5.41, 5.74) is 6.25. The second-order valence-electron chi connectivity index (χ2n) is 5.33. The lowest BCUT2D eigenvalue weighted by Crippen LogP contribution is -2.40. The standard InChI is InChI=1S/C15H25N5O2/c1-4-17-15(22)20(9-5-8-19(2)3)11-12-6-7-13(14(16)21)18-10-12/h6-7,10H,4-5,8-9,11H2,1-3H3,(H2,16,21)(H,17,22). The van der Waals surface area contributed by atoms with E-state index in [1.54, 1.807) is 23.2 Å². The molecule has 122 valence electrons. The first-order valence-corrected chi connectivity index (χ1v) is 7.36. The van der Waals surface area contributed by atoms with E-state index in [1.165, 1.54) is 0 Å². The average Bonchev–Trinajstić information content (AvgIpc) is 2.46. The van der Waals surface area contributed by atoms with Gasteiger partial charge in [0.2, 0.25) is 0 Å². The van der Waals surface area contributed by atoms with Crippen molar-refractivity contribution >= 4 is 11.9 Å². The van der Waals surface area contributed by atoms with Gasteiger partial charge in [0.05, 0.1) is 0 Å². The molecule has 1 heterocycles. The second kappa shape index (κ2) is 8.99. The van der Waals surface area contributed by atoms with Crippen molar-refractivity contribution in [2.75, 3.05) is 33.7 Å². The maximum Gasteiger partial charge on any atom is 0.317 e. The van der Waals surface area contributed by atoms with E-state index in [9.17, 15) is 9.59 Å². The predicted octanol–water partition coefficient (Wildman–Crippen LogP) is 0.664. The molecule has 0 radical (unpaired) electrons. The fraction of sp³-hybridized carbons (Fsp3) is 0.533. The summed E-state index contributed by atoms with van der Waals surface area (Å²) in [7, 11) is 4.01. The van der Waals surface area contributed by atoms with Gasteiger partial charge in [0, 0.05) is 25.8 Å². The SMILES string of the molecule is CCNC(=O)N(CCCN(C)C)Cc1ccc(C(N)=O)nc1. The quantitative estimate of drug-likeness (QED) is 0.738. The van der Waals surface area contributed by atoms with Gasteiger partial charge in [-0.25, -0.2) is 4.79 Å². The summed E-state index contributed by atoms with van der Waals surface area (Å²) in [5, 5.41) is 2.81. The Kier molecular flexibility index (Phi) is 7.31. The fourth-order valence-corrected chi connectivity index (χ4v) is 1.98. The number of nitrogens with zero attached hydrogens (tertiary/aromatic N) is 3. The van der Waals surface area contributed by atoms with E-state index in [0.717, 1.165) is 18.5 Å². The molecule has 1 aromatic heterocycles. The van der Waals surface area contributed by atoms with Crippen LogP contribution >= 0.6 is 0 Å². The summed E-state index contributed by atoms with van der Waals surface area (Å²) < 4.78 is 0. The first-order valence-electron chi connectivity index (χ1n) is 7.36. The monoisotopic (exact) mass is 307 g/mol. The minimum atomic E-state index is -0.557. The molecule has 0 saturated carbocycles. The van der Waals surface area contributed by atoms with Crippen LogP contribution in [0.25, 0.3) is 0 Å². The predicted molar refractivity (Wildman–Crippen MR) is 85.4 cm³/mol. The Bertz CT molecular complexity index is 487. The number of hydrogen-bond acceptors (Lipinski definition) is 4. The minimum absolute atomic E-state index is 0.0970. The number of amides is 3. The van der Waals surface area contributed by atoms with E-state index in [0.29, 0.717) is 19.6 Å². The Morgan fingerprint density at radius 3 is 2.50 bits per heavy atom. The maximum atomic E-state index is 12.1. The highest BCUT2D eigenvalue weighted by molar-refractivity contribution is 5.90. The summed E-state index contributed by atoms with van der Waals surface area (Å²) in [5.74, 6) is -0.557. The molecule has 1 rings (SSSR count). The lowest BCUT2D eigenvalue weighted by atomic mass is 10.2. The van der Waals surface area contributed by atoms with Crippen molar-refractivity contribution in [3.8, 4) is 0 Å². The van der Waals surface area contributed by atoms with Gasteiger partial charge < -0.3 is 20.9 Å². The molecule has 0 spiro atoms. The normalized spacial score (nSPS) is 10.5. The number of nitrogens with one attached hydrogen (secondary N) is 1. The number of nitrogens with two attached hydrogens (primary N) is 1. The smallest absolute Gasteiger partial charge is 0.317 e. The second-order valence-corrected chi connectivity index (χ2v) is 5.33. The van der Waals surface area contributed by atoms with E-state index in [2.05, 4.69) is 15.2 Å².